The highest BCUT2D eigenvalue weighted by molar-refractivity contribution is 7.11. The molecule has 0 spiro atoms. The molecule has 0 aliphatic rings. The van der Waals surface area contributed by atoms with E-state index in [0.29, 0.717) is 6.61 Å². The van der Waals surface area contributed by atoms with Crippen molar-refractivity contribution in [2.45, 2.75) is 39.3 Å². The van der Waals surface area contributed by atoms with Crippen LogP contribution in [-0.4, -0.2) is 0 Å². The fraction of sp³-hybridized carbons (Fsp3) is 0.375. The van der Waals surface area contributed by atoms with Crippen LogP contribution in [0.1, 0.15) is 41.6 Å². The van der Waals surface area contributed by atoms with Gasteiger partial charge in [-0.25, -0.2) is 0 Å². The predicted molar refractivity (Wildman–Crippen MR) is 81.7 cm³/mol. The van der Waals surface area contributed by atoms with Crippen molar-refractivity contribution in [3.8, 4) is 5.75 Å². The third kappa shape index (κ3) is 3.82. The second-order valence-corrected chi connectivity index (χ2v) is 5.85. The van der Waals surface area contributed by atoms with Gasteiger partial charge in [0.2, 0.25) is 0 Å². The zero-order valence-corrected chi connectivity index (χ0v) is 12.4. The van der Waals surface area contributed by atoms with Crippen molar-refractivity contribution in [2.75, 3.05) is 0 Å². The van der Waals surface area contributed by atoms with Crippen molar-refractivity contribution >= 4 is 11.3 Å². The lowest BCUT2D eigenvalue weighted by Gasteiger charge is -2.10. The van der Waals surface area contributed by atoms with Crippen molar-refractivity contribution in [3.05, 3.63) is 51.7 Å². The average molecular weight is 275 g/mol. The predicted octanol–water partition coefficient (Wildman–Crippen LogP) is 4.30. The van der Waals surface area contributed by atoms with Crippen LogP contribution in [0, 0.1) is 0 Å². The van der Waals surface area contributed by atoms with E-state index in [0.717, 1.165) is 18.6 Å². The summed E-state index contributed by atoms with van der Waals surface area (Å²) in [5.74, 6) is 0.901. The minimum absolute atomic E-state index is 0.124. The number of ether oxygens (including phenoxy) is 1. The van der Waals surface area contributed by atoms with Gasteiger partial charge < -0.3 is 10.5 Å². The largest absolute Gasteiger partial charge is 0.488 e. The molecule has 0 bridgehead atoms. The first-order valence-corrected chi connectivity index (χ1v) is 7.60. The van der Waals surface area contributed by atoms with Crippen molar-refractivity contribution in [1.29, 1.82) is 0 Å². The summed E-state index contributed by atoms with van der Waals surface area (Å²) in [6, 6.07) is 12.5. The lowest BCUT2D eigenvalue weighted by Crippen LogP contribution is -2.08. The third-order valence-corrected chi connectivity index (χ3v) is 4.40. The van der Waals surface area contributed by atoms with Gasteiger partial charge >= 0.3 is 0 Å². The van der Waals surface area contributed by atoms with E-state index >= 15 is 0 Å². The highest BCUT2D eigenvalue weighted by Gasteiger charge is 2.04. The summed E-state index contributed by atoms with van der Waals surface area (Å²) >= 11 is 1.82. The van der Waals surface area contributed by atoms with Gasteiger partial charge in [-0.3, -0.25) is 0 Å². The Balaban J connectivity index is 1.92. The first-order valence-electron chi connectivity index (χ1n) is 6.78. The third-order valence-electron chi connectivity index (χ3n) is 3.19. The first kappa shape index (κ1) is 14.1. The Morgan fingerprint density at radius 2 is 1.74 bits per heavy atom. The highest BCUT2D eigenvalue weighted by Crippen LogP contribution is 2.21. The van der Waals surface area contributed by atoms with Gasteiger partial charge in [-0.1, -0.05) is 26.0 Å². The van der Waals surface area contributed by atoms with Crippen LogP contribution in [0.15, 0.2) is 36.4 Å². The molecule has 0 fully saturated rings. The molecule has 0 unspecified atom stereocenters. The molecule has 102 valence electrons. The summed E-state index contributed by atoms with van der Waals surface area (Å²) in [6.07, 6.45) is 2.05. The van der Waals surface area contributed by atoms with E-state index in [9.17, 15) is 0 Å². The summed E-state index contributed by atoms with van der Waals surface area (Å²) in [5, 5.41) is 0. The van der Waals surface area contributed by atoms with Crippen LogP contribution >= 0.6 is 11.3 Å². The zero-order chi connectivity index (χ0) is 13.7. The van der Waals surface area contributed by atoms with E-state index in [2.05, 4.69) is 38.1 Å². The van der Waals surface area contributed by atoms with E-state index < -0.39 is 0 Å². The fourth-order valence-corrected chi connectivity index (χ4v) is 2.76. The van der Waals surface area contributed by atoms with E-state index in [4.69, 9.17) is 10.5 Å². The molecule has 2 N–H and O–H groups in total. The van der Waals surface area contributed by atoms with Gasteiger partial charge in [-0.15, -0.1) is 11.3 Å². The van der Waals surface area contributed by atoms with E-state index in [1.165, 1.54) is 15.3 Å². The minimum Gasteiger partial charge on any atom is -0.488 e. The van der Waals surface area contributed by atoms with Crippen LogP contribution in [-0.2, 0) is 13.0 Å². The van der Waals surface area contributed by atoms with Gasteiger partial charge in [0, 0.05) is 15.8 Å². The number of nitrogens with two attached hydrogens (primary N) is 1. The second-order valence-electron chi connectivity index (χ2n) is 4.59. The Bertz CT molecular complexity index is 504. The van der Waals surface area contributed by atoms with E-state index in [1.807, 2.05) is 23.5 Å². The first-order chi connectivity index (χ1) is 9.22. The zero-order valence-electron chi connectivity index (χ0n) is 11.6. The molecule has 1 heterocycles. The van der Waals surface area contributed by atoms with Crippen LogP contribution in [0.25, 0.3) is 0 Å². The molecular weight excluding hydrogens is 254 g/mol. The van der Waals surface area contributed by atoms with Crippen LogP contribution in [0.2, 0.25) is 0 Å². The Morgan fingerprint density at radius 3 is 2.32 bits per heavy atom. The van der Waals surface area contributed by atoms with Gasteiger partial charge in [0.25, 0.3) is 0 Å². The van der Waals surface area contributed by atoms with Gasteiger partial charge in [0.1, 0.15) is 12.4 Å². The summed E-state index contributed by atoms with van der Waals surface area (Å²) < 4.78 is 5.79. The fourth-order valence-electron chi connectivity index (χ4n) is 1.89. The molecule has 2 nitrogen and oxygen atoms in total. The van der Waals surface area contributed by atoms with Crippen molar-refractivity contribution in [2.24, 2.45) is 5.73 Å². The maximum atomic E-state index is 5.99. The second kappa shape index (κ2) is 6.73. The minimum atomic E-state index is 0.124. The molecule has 2 aromatic rings. The summed E-state index contributed by atoms with van der Waals surface area (Å²) in [4.78, 5) is 2.68. The van der Waals surface area contributed by atoms with E-state index in [1.54, 1.807) is 0 Å². The Morgan fingerprint density at radius 1 is 1.05 bits per heavy atom. The van der Waals surface area contributed by atoms with Gasteiger partial charge in [0.05, 0.1) is 0 Å². The van der Waals surface area contributed by atoms with E-state index in [-0.39, 0.29) is 6.04 Å². The summed E-state index contributed by atoms with van der Waals surface area (Å²) in [5.41, 5.74) is 7.15. The molecule has 1 aromatic carbocycles. The Hall–Kier alpha value is -1.32. The van der Waals surface area contributed by atoms with Crippen LogP contribution in [0.3, 0.4) is 0 Å². The molecule has 0 saturated carbocycles. The number of rotatable bonds is 6. The molecular formula is C16H21NOS. The summed E-state index contributed by atoms with van der Waals surface area (Å²) in [6.45, 7) is 4.91. The van der Waals surface area contributed by atoms with Gasteiger partial charge in [-0.2, -0.15) is 0 Å². The van der Waals surface area contributed by atoms with Gasteiger partial charge in [-0.05, 0) is 42.7 Å². The molecule has 19 heavy (non-hydrogen) atoms. The van der Waals surface area contributed by atoms with Crippen LogP contribution in [0.4, 0.5) is 0 Å². The molecule has 1 aromatic heterocycles. The molecule has 3 heteroatoms. The van der Waals surface area contributed by atoms with Crippen molar-refractivity contribution in [3.63, 3.8) is 0 Å². The standard InChI is InChI=1S/C16H21NOS/c1-3-14-9-10-15(19-14)11-18-13-7-5-12(6-8-13)16(17)4-2/h5-10,16H,3-4,11,17H2,1-2H3/t16-/m1/s1. The molecule has 0 saturated heterocycles. The highest BCUT2D eigenvalue weighted by atomic mass is 32.1. The molecule has 0 amide bonds. The maximum absolute atomic E-state index is 5.99. The monoisotopic (exact) mass is 275 g/mol. The van der Waals surface area contributed by atoms with Gasteiger partial charge in [0.15, 0.2) is 0 Å². The molecule has 1 atom stereocenters. The van der Waals surface area contributed by atoms with Crippen LogP contribution < -0.4 is 10.5 Å². The SMILES string of the molecule is CCc1ccc(COc2ccc([C@H](N)CC)cc2)s1. The average Bonchev–Trinajstić information content (AvgIpc) is 2.93. The maximum Gasteiger partial charge on any atom is 0.122 e. The van der Waals surface area contributed by atoms with Crippen molar-refractivity contribution < 1.29 is 4.74 Å². The van der Waals surface area contributed by atoms with Crippen LogP contribution in [0.5, 0.6) is 5.75 Å². The summed E-state index contributed by atoms with van der Waals surface area (Å²) in [7, 11) is 0. The normalized spacial score (nSPS) is 12.4. The molecule has 0 radical (unpaired) electrons. The Labute approximate surface area is 119 Å². The topological polar surface area (TPSA) is 35.2 Å². The lowest BCUT2D eigenvalue weighted by molar-refractivity contribution is 0.309. The Kier molecular flexibility index (Phi) is 5.00. The number of hydrogen-bond donors (Lipinski definition) is 1. The van der Waals surface area contributed by atoms with Crippen molar-refractivity contribution in [1.82, 2.24) is 0 Å². The number of thiophene rings is 1. The smallest absolute Gasteiger partial charge is 0.122 e. The molecule has 2 rings (SSSR count). The quantitative estimate of drug-likeness (QED) is 0.853. The number of aryl methyl sites for hydroxylation is 1. The molecule has 0 aliphatic heterocycles. The molecule has 0 aliphatic carbocycles. The lowest BCUT2D eigenvalue weighted by atomic mass is 10.1. The number of benzene rings is 1. The number of hydrogen-bond acceptors (Lipinski definition) is 3.